The Kier molecular flexibility index (Phi) is 6.82. The van der Waals surface area contributed by atoms with E-state index in [1.54, 1.807) is 24.3 Å². The van der Waals surface area contributed by atoms with E-state index in [1.165, 1.54) is 0 Å². The smallest absolute Gasteiger partial charge is 0.254 e. The lowest BCUT2D eigenvalue weighted by molar-refractivity contribution is 0.0667. The number of halogens is 2. The fraction of sp³-hybridized carbons (Fsp3) is 0.261. The van der Waals surface area contributed by atoms with Crippen molar-refractivity contribution in [2.75, 3.05) is 0 Å². The number of hydrogen-bond donors (Lipinski definition) is 0. The van der Waals surface area contributed by atoms with Gasteiger partial charge in [0.15, 0.2) is 0 Å². The van der Waals surface area contributed by atoms with Crippen molar-refractivity contribution in [1.82, 2.24) is 9.47 Å². The molecule has 3 aromatic rings. The zero-order valence-electron chi connectivity index (χ0n) is 16.1. The number of hydrogen-bond acceptors (Lipinski definition) is 1. The zero-order valence-corrected chi connectivity index (χ0v) is 17.6. The largest absolute Gasteiger partial charge is 0.345 e. The molecule has 0 spiro atoms. The van der Waals surface area contributed by atoms with E-state index < -0.39 is 0 Å². The second-order valence-corrected chi connectivity index (χ2v) is 7.83. The standard InChI is InChI=1S/C23H24Cl2N2O/c1-3-17(2)27(23(28)19-9-11-20(24)12-10-19)16-22-8-5-13-26(22)15-18-6-4-7-21(25)14-18/h4-14,17H,3,15-16H2,1-2H3/t17-/m1/s1. The van der Waals surface area contributed by atoms with E-state index in [-0.39, 0.29) is 11.9 Å². The van der Waals surface area contributed by atoms with Gasteiger partial charge in [-0.3, -0.25) is 4.79 Å². The third-order valence-electron chi connectivity index (χ3n) is 4.97. The van der Waals surface area contributed by atoms with E-state index in [0.717, 1.165) is 22.7 Å². The minimum Gasteiger partial charge on any atom is -0.345 e. The maximum atomic E-state index is 13.2. The molecular weight excluding hydrogens is 391 g/mol. The molecule has 146 valence electrons. The summed E-state index contributed by atoms with van der Waals surface area (Å²) >= 11 is 12.1. The lowest BCUT2D eigenvalue weighted by atomic mass is 10.1. The van der Waals surface area contributed by atoms with Crippen LogP contribution in [0, 0.1) is 0 Å². The van der Waals surface area contributed by atoms with Gasteiger partial charge >= 0.3 is 0 Å². The molecule has 0 aliphatic heterocycles. The first kappa shape index (κ1) is 20.5. The highest BCUT2D eigenvalue weighted by atomic mass is 35.5. The Labute approximate surface area is 176 Å². The molecule has 1 aromatic heterocycles. The maximum absolute atomic E-state index is 13.2. The topological polar surface area (TPSA) is 25.2 Å². The van der Waals surface area contributed by atoms with Crippen LogP contribution in [0.5, 0.6) is 0 Å². The first-order valence-corrected chi connectivity index (χ1v) is 10.2. The van der Waals surface area contributed by atoms with Crippen LogP contribution in [-0.2, 0) is 13.1 Å². The molecule has 2 aromatic carbocycles. The van der Waals surface area contributed by atoms with Crippen LogP contribution in [0.3, 0.4) is 0 Å². The number of nitrogens with zero attached hydrogens (tertiary/aromatic N) is 2. The lowest BCUT2D eigenvalue weighted by Crippen LogP contribution is -2.38. The Morgan fingerprint density at radius 1 is 1.04 bits per heavy atom. The van der Waals surface area contributed by atoms with Crippen molar-refractivity contribution in [2.45, 2.75) is 39.4 Å². The van der Waals surface area contributed by atoms with Crippen LogP contribution in [0.2, 0.25) is 10.0 Å². The van der Waals surface area contributed by atoms with E-state index in [9.17, 15) is 4.79 Å². The first-order chi connectivity index (χ1) is 13.5. The van der Waals surface area contributed by atoms with Crippen molar-refractivity contribution in [3.8, 4) is 0 Å². The summed E-state index contributed by atoms with van der Waals surface area (Å²) < 4.78 is 2.16. The molecule has 5 heteroatoms. The quantitative estimate of drug-likeness (QED) is 0.446. The average Bonchev–Trinajstić information content (AvgIpc) is 3.12. The SMILES string of the molecule is CC[C@@H](C)N(Cc1cccn1Cc1cccc(Cl)c1)C(=O)c1ccc(Cl)cc1. The van der Waals surface area contributed by atoms with Crippen molar-refractivity contribution < 1.29 is 4.79 Å². The summed E-state index contributed by atoms with van der Waals surface area (Å²) in [5.74, 6) is 0.0153. The molecular formula is C23H24Cl2N2O. The molecule has 0 aliphatic rings. The third-order valence-corrected chi connectivity index (χ3v) is 5.46. The maximum Gasteiger partial charge on any atom is 0.254 e. The summed E-state index contributed by atoms with van der Waals surface area (Å²) in [5, 5.41) is 1.35. The van der Waals surface area contributed by atoms with Crippen LogP contribution in [-0.4, -0.2) is 21.4 Å². The molecule has 0 saturated heterocycles. The fourth-order valence-corrected chi connectivity index (χ4v) is 3.50. The summed E-state index contributed by atoms with van der Waals surface area (Å²) in [7, 11) is 0. The Bertz CT molecular complexity index is 934. The second-order valence-electron chi connectivity index (χ2n) is 6.95. The van der Waals surface area contributed by atoms with Gasteiger partial charge in [-0.05, 0) is 67.4 Å². The molecule has 1 heterocycles. The van der Waals surface area contributed by atoms with Crippen LogP contribution in [0.15, 0.2) is 66.9 Å². The van der Waals surface area contributed by atoms with Crippen molar-refractivity contribution in [1.29, 1.82) is 0 Å². The van der Waals surface area contributed by atoms with Gasteiger partial charge in [0.2, 0.25) is 0 Å². The lowest BCUT2D eigenvalue weighted by Gasteiger charge is -2.29. The summed E-state index contributed by atoms with van der Waals surface area (Å²) in [6.07, 6.45) is 2.92. The van der Waals surface area contributed by atoms with Gasteiger partial charge in [-0.15, -0.1) is 0 Å². The molecule has 0 saturated carbocycles. The van der Waals surface area contributed by atoms with Crippen molar-refractivity contribution >= 4 is 29.1 Å². The highest BCUT2D eigenvalue weighted by molar-refractivity contribution is 6.30. The Hall–Kier alpha value is -2.23. The summed E-state index contributed by atoms with van der Waals surface area (Å²) in [5.41, 5.74) is 2.87. The van der Waals surface area contributed by atoms with Gasteiger partial charge in [-0.2, -0.15) is 0 Å². The molecule has 1 amide bonds. The van der Waals surface area contributed by atoms with Crippen LogP contribution >= 0.6 is 23.2 Å². The van der Waals surface area contributed by atoms with Crippen LogP contribution in [0.4, 0.5) is 0 Å². The highest BCUT2D eigenvalue weighted by Gasteiger charge is 2.22. The van der Waals surface area contributed by atoms with E-state index >= 15 is 0 Å². The van der Waals surface area contributed by atoms with E-state index in [4.69, 9.17) is 23.2 Å². The van der Waals surface area contributed by atoms with Crippen LogP contribution in [0.1, 0.15) is 41.9 Å². The van der Waals surface area contributed by atoms with Gasteiger partial charge in [0.1, 0.15) is 0 Å². The van der Waals surface area contributed by atoms with Crippen LogP contribution in [0.25, 0.3) is 0 Å². The third kappa shape index (κ3) is 4.98. The minimum absolute atomic E-state index is 0.0153. The Balaban J connectivity index is 1.83. The first-order valence-electron chi connectivity index (χ1n) is 9.43. The fourth-order valence-electron chi connectivity index (χ4n) is 3.16. The summed E-state index contributed by atoms with van der Waals surface area (Å²) in [6.45, 7) is 5.44. The van der Waals surface area contributed by atoms with Gasteiger partial charge in [0.25, 0.3) is 5.91 Å². The van der Waals surface area contributed by atoms with Gasteiger partial charge in [0, 0.05) is 40.1 Å². The summed E-state index contributed by atoms with van der Waals surface area (Å²) in [4.78, 5) is 15.1. The molecule has 28 heavy (non-hydrogen) atoms. The summed E-state index contributed by atoms with van der Waals surface area (Å²) in [6, 6.07) is 19.1. The Morgan fingerprint density at radius 2 is 1.79 bits per heavy atom. The molecule has 0 N–H and O–H groups in total. The number of benzene rings is 2. The second kappa shape index (κ2) is 9.31. The van der Waals surface area contributed by atoms with E-state index in [2.05, 4.69) is 30.5 Å². The highest BCUT2D eigenvalue weighted by Crippen LogP contribution is 2.19. The van der Waals surface area contributed by atoms with Crippen molar-refractivity contribution in [3.05, 3.63) is 93.7 Å². The van der Waals surface area contributed by atoms with Gasteiger partial charge in [-0.25, -0.2) is 0 Å². The molecule has 3 rings (SSSR count). The number of carbonyl (C=O) groups is 1. The van der Waals surface area contributed by atoms with Gasteiger partial charge in [-0.1, -0.05) is 42.3 Å². The van der Waals surface area contributed by atoms with E-state index in [0.29, 0.717) is 23.7 Å². The molecule has 1 atom stereocenters. The molecule has 0 aliphatic carbocycles. The number of rotatable bonds is 7. The van der Waals surface area contributed by atoms with Crippen LogP contribution < -0.4 is 0 Å². The average molecular weight is 415 g/mol. The zero-order chi connectivity index (χ0) is 20.1. The molecule has 0 bridgehead atoms. The number of amides is 1. The van der Waals surface area contributed by atoms with Gasteiger partial charge in [0.05, 0.1) is 6.54 Å². The van der Waals surface area contributed by atoms with Gasteiger partial charge < -0.3 is 9.47 Å². The van der Waals surface area contributed by atoms with Crippen molar-refractivity contribution in [2.24, 2.45) is 0 Å². The molecule has 3 nitrogen and oxygen atoms in total. The molecule has 0 radical (unpaired) electrons. The van der Waals surface area contributed by atoms with E-state index in [1.807, 2.05) is 35.4 Å². The predicted octanol–water partition coefficient (Wildman–Crippen LogP) is 6.28. The number of aromatic nitrogens is 1. The predicted molar refractivity (Wildman–Crippen MR) is 116 cm³/mol. The van der Waals surface area contributed by atoms with Crippen molar-refractivity contribution in [3.63, 3.8) is 0 Å². The minimum atomic E-state index is 0.0153. The normalized spacial score (nSPS) is 12.0. The monoisotopic (exact) mass is 414 g/mol. The Morgan fingerprint density at radius 3 is 2.46 bits per heavy atom. The molecule has 0 unspecified atom stereocenters. The number of carbonyl (C=O) groups excluding carboxylic acids is 1. The molecule has 0 fully saturated rings.